The first-order valence-electron chi connectivity index (χ1n) is 8.27. The molecule has 0 saturated carbocycles. The summed E-state index contributed by atoms with van der Waals surface area (Å²) in [4.78, 5) is 20.8. The minimum Gasteiger partial charge on any atom is -0.451 e. The molecule has 134 valence electrons. The third kappa shape index (κ3) is 3.78. The Morgan fingerprint density at radius 2 is 1.85 bits per heavy atom. The number of rotatable bonds is 5. The number of carbonyl (C=O) groups is 1. The predicted molar refractivity (Wildman–Crippen MR) is 101 cm³/mol. The number of hydrogen-bond acceptors (Lipinski definition) is 7. The van der Waals surface area contributed by atoms with E-state index in [4.69, 9.17) is 9.26 Å². The number of benzene rings is 2. The van der Waals surface area contributed by atoms with Gasteiger partial charge in [0.05, 0.1) is 0 Å². The maximum Gasteiger partial charge on any atom is 0.358 e. The summed E-state index contributed by atoms with van der Waals surface area (Å²) < 4.78 is 10.4. The van der Waals surface area contributed by atoms with Crippen LogP contribution < -0.4 is 0 Å². The summed E-state index contributed by atoms with van der Waals surface area (Å²) in [6.07, 6.45) is 0. The molecule has 0 radical (unpaired) electrons. The zero-order valence-electron chi connectivity index (χ0n) is 14.5. The van der Waals surface area contributed by atoms with E-state index in [1.807, 2.05) is 61.5 Å². The van der Waals surface area contributed by atoms with Crippen LogP contribution in [0.5, 0.6) is 0 Å². The SMILES string of the molecule is Cc1ccccc1-c1noc(COC(=O)c2csc(-c3ccccc3)n2)n1. The van der Waals surface area contributed by atoms with Crippen LogP contribution in [-0.2, 0) is 11.3 Å². The Morgan fingerprint density at radius 3 is 2.67 bits per heavy atom. The van der Waals surface area contributed by atoms with Gasteiger partial charge in [-0.25, -0.2) is 9.78 Å². The van der Waals surface area contributed by atoms with Gasteiger partial charge >= 0.3 is 5.97 Å². The van der Waals surface area contributed by atoms with Gasteiger partial charge in [-0.2, -0.15) is 4.98 Å². The van der Waals surface area contributed by atoms with E-state index in [0.29, 0.717) is 5.82 Å². The molecule has 0 atom stereocenters. The van der Waals surface area contributed by atoms with E-state index in [0.717, 1.165) is 21.7 Å². The van der Waals surface area contributed by atoms with E-state index in [1.165, 1.54) is 11.3 Å². The molecule has 0 N–H and O–H groups in total. The maximum atomic E-state index is 12.2. The topological polar surface area (TPSA) is 78.1 Å². The Bertz CT molecular complexity index is 1070. The summed E-state index contributed by atoms with van der Waals surface area (Å²) in [6.45, 7) is 1.87. The maximum absolute atomic E-state index is 12.2. The zero-order chi connectivity index (χ0) is 18.6. The number of hydrogen-bond donors (Lipinski definition) is 0. The number of nitrogens with zero attached hydrogens (tertiary/aromatic N) is 3. The van der Waals surface area contributed by atoms with Gasteiger partial charge in [-0.05, 0) is 12.5 Å². The van der Waals surface area contributed by atoms with Crippen LogP contribution in [0.1, 0.15) is 21.9 Å². The monoisotopic (exact) mass is 377 g/mol. The minimum absolute atomic E-state index is 0.101. The fourth-order valence-corrected chi connectivity index (χ4v) is 3.32. The van der Waals surface area contributed by atoms with Gasteiger partial charge in [-0.3, -0.25) is 0 Å². The third-order valence-corrected chi connectivity index (χ3v) is 4.81. The largest absolute Gasteiger partial charge is 0.451 e. The summed E-state index contributed by atoms with van der Waals surface area (Å²) in [5, 5.41) is 6.39. The summed E-state index contributed by atoms with van der Waals surface area (Å²) in [5.74, 6) is 0.184. The Kier molecular flexibility index (Phi) is 4.76. The highest BCUT2D eigenvalue weighted by Crippen LogP contribution is 2.24. The smallest absolute Gasteiger partial charge is 0.358 e. The molecule has 0 spiro atoms. The van der Waals surface area contributed by atoms with E-state index >= 15 is 0 Å². The summed E-state index contributed by atoms with van der Waals surface area (Å²) >= 11 is 1.39. The second-order valence-corrected chi connectivity index (χ2v) is 6.66. The Morgan fingerprint density at radius 1 is 1.07 bits per heavy atom. The van der Waals surface area contributed by atoms with Gasteiger partial charge in [0, 0.05) is 16.5 Å². The molecule has 4 rings (SSSR count). The van der Waals surface area contributed by atoms with E-state index < -0.39 is 5.97 Å². The molecular weight excluding hydrogens is 362 g/mol. The molecule has 0 saturated heterocycles. The molecular formula is C20H15N3O3S. The lowest BCUT2D eigenvalue weighted by Gasteiger charge is -1.99. The highest BCUT2D eigenvalue weighted by Gasteiger charge is 2.16. The number of aryl methyl sites for hydroxylation is 1. The van der Waals surface area contributed by atoms with Crippen LogP contribution in [0.3, 0.4) is 0 Å². The number of aromatic nitrogens is 3. The van der Waals surface area contributed by atoms with E-state index in [-0.39, 0.29) is 18.2 Å². The van der Waals surface area contributed by atoms with Crippen molar-refractivity contribution in [2.45, 2.75) is 13.5 Å². The van der Waals surface area contributed by atoms with Crippen LogP contribution in [0, 0.1) is 6.92 Å². The lowest BCUT2D eigenvalue weighted by Crippen LogP contribution is -2.05. The molecule has 0 fully saturated rings. The normalized spacial score (nSPS) is 10.7. The fourth-order valence-electron chi connectivity index (χ4n) is 2.53. The van der Waals surface area contributed by atoms with Crippen LogP contribution >= 0.6 is 11.3 Å². The Labute approximate surface area is 159 Å². The second-order valence-electron chi connectivity index (χ2n) is 5.81. The zero-order valence-corrected chi connectivity index (χ0v) is 15.3. The molecule has 4 aromatic rings. The molecule has 0 aliphatic carbocycles. The van der Waals surface area contributed by atoms with Gasteiger partial charge in [0.2, 0.25) is 5.82 Å². The molecule has 0 bridgehead atoms. The molecule has 6 nitrogen and oxygen atoms in total. The molecule has 2 heterocycles. The van der Waals surface area contributed by atoms with Gasteiger partial charge in [-0.1, -0.05) is 59.8 Å². The highest BCUT2D eigenvalue weighted by molar-refractivity contribution is 7.13. The highest BCUT2D eigenvalue weighted by atomic mass is 32.1. The van der Waals surface area contributed by atoms with Gasteiger partial charge in [0.25, 0.3) is 5.89 Å². The number of esters is 1. The lowest BCUT2D eigenvalue weighted by molar-refractivity contribution is 0.0424. The van der Waals surface area contributed by atoms with Gasteiger partial charge in [-0.15, -0.1) is 11.3 Å². The fraction of sp³-hybridized carbons (Fsp3) is 0.100. The molecule has 0 aliphatic rings. The molecule has 0 aliphatic heterocycles. The molecule has 2 aromatic heterocycles. The first-order chi connectivity index (χ1) is 13.2. The van der Waals surface area contributed by atoms with Crippen molar-refractivity contribution >= 4 is 17.3 Å². The van der Waals surface area contributed by atoms with Crippen LogP contribution in [0.15, 0.2) is 64.5 Å². The van der Waals surface area contributed by atoms with Crippen molar-refractivity contribution in [3.8, 4) is 22.0 Å². The summed E-state index contributed by atoms with van der Waals surface area (Å²) in [5.41, 5.74) is 3.14. The van der Waals surface area contributed by atoms with E-state index in [9.17, 15) is 4.79 Å². The van der Waals surface area contributed by atoms with E-state index in [2.05, 4.69) is 15.1 Å². The third-order valence-electron chi connectivity index (χ3n) is 3.91. The van der Waals surface area contributed by atoms with Crippen molar-refractivity contribution in [2.75, 3.05) is 0 Å². The summed E-state index contributed by atoms with van der Waals surface area (Å²) in [7, 11) is 0. The van der Waals surface area contributed by atoms with Gasteiger partial charge in [0.15, 0.2) is 12.3 Å². The molecule has 27 heavy (non-hydrogen) atoms. The molecule has 0 unspecified atom stereocenters. The van der Waals surface area contributed by atoms with Crippen molar-refractivity contribution in [2.24, 2.45) is 0 Å². The Hall–Kier alpha value is -3.32. The van der Waals surface area contributed by atoms with Crippen molar-refractivity contribution in [1.82, 2.24) is 15.1 Å². The van der Waals surface area contributed by atoms with Crippen molar-refractivity contribution < 1.29 is 14.1 Å². The van der Waals surface area contributed by atoms with Crippen molar-refractivity contribution in [3.05, 3.63) is 77.1 Å². The lowest BCUT2D eigenvalue weighted by atomic mass is 10.1. The first kappa shape index (κ1) is 17.1. The first-order valence-corrected chi connectivity index (χ1v) is 9.15. The van der Waals surface area contributed by atoms with Gasteiger partial charge in [0.1, 0.15) is 5.01 Å². The predicted octanol–water partition coefficient (Wildman–Crippen LogP) is 4.53. The van der Waals surface area contributed by atoms with E-state index in [1.54, 1.807) is 5.38 Å². The average Bonchev–Trinajstić information content (AvgIpc) is 3.37. The minimum atomic E-state index is -0.524. The standard InChI is InChI=1S/C20H15N3O3S/c1-13-7-5-6-10-15(13)18-22-17(26-23-18)11-25-20(24)16-12-27-19(21-16)14-8-3-2-4-9-14/h2-10,12H,11H2,1H3. The van der Waals surface area contributed by atoms with Crippen LogP contribution in [0.4, 0.5) is 0 Å². The van der Waals surface area contributed by atoms with Crippen LogP contribution in [0.25, 0.3) is 22.0 Å². The molecule has 7 heteroatoms. The summed E-state index contributed by atoms with van der Waals surface area (Å²) in [6, 6.07) is 17.4. The number of thiazole rings is 1. The van der Waals surface area contributed by atoms with Crippen LogP contribution in [0.2, 0.25) is 0 Å². The molecule has 0 amide bonds. The Balaban J connectivity index is 1.42. The van der Waals surface area contributed by atoms with Gasteiger partial charge < -0.3 is 9.26 Å². The average molecular weight is 377 g/mol. The van der Waals surface area contributed by atoms with Crippen molar-refractivity contribution in [1.29, 1.82) is 0 Å². The number of ether oxygens (including phenoxy) is 1. The second kappa shape index (κ2) is 7.51. The quantitative estimate of drug-likeness (QED) is 0.476. The van der Waals surface area contributed by atoms with Crippen molar-refractivity contribution in [3.63, 3.8) is 0 Å². The van der Waals surface area contributed by atoms with Crippen LogP contribution in [-0.4, -0.2) is 21.1 Å². The number of carbonyl (C=O) groups excluding carboxylic acids is 1. The molecule has 2 aromatic carbocycles.